The number of hydrogen-bond acceptors (Lipinski definition) is 3. The van der Waals surface area contributed by atoms with Gasteiger partial charge in [0.25, 0.3) is 0 Å². The Kier molecular flexibility index (Phi) is 4.50. The van der Waals surface area contributed by atoms with Gasteiger partial charge in [-0.1, -0.05) is 0 Å². The Morgan fingerprint density at radius 1 is 1.44 bits per heavy atom. The van der Waals surface area contributed by atoms with Crippen molar-refractivity contribution < 1.29 is 9.53 Å². The number of hydrogen-bond donors (Lipinski definition) is 0. The molecule has 1 heterocycles. The number of pyridine rings is 1. The highest BCUT2D eigenvalue weighted by Crippen LogP contribution is 2.21. The molecule has 0 saturated heterocycles. The number of halogens is 2. The van der Waals surface area contributed by atoms with E-state index in [1.807, 2.05) is 26.8 Å². The molecule has 3 nitrogen and oxygen atoms in total. The van der Waals surface area contributed by atoms with E-state index in [0.29, 0.717) is 0 Å². The van der Waals surface area contributed by atoms with Crippen LogP contribution in [0.4, 0.5) is 0 Å². The van der Waals surface area contributed by atoms with Crippen LogP contribution in [0.3, 0.4) is 0 Å². The third-order valence-electron chi connectivity index (χ3n) is 1.62. The van der Waals surface area contributed by atoms with Gasteiger partial charge >= 0.3 is 5.97 Å². The van der Waals surface area contributed by atoms with E-state index in [4.69, 9.17) is 4.74 Å². The summed E-state index contributed by atoms with van der Waals surface area (Å²) in [7, 11) is 0. The van der Waals surface area contributed by atoms with Crippen LogP contribution in [-0.2, 0) is 16.0 Å². The van der Waals surface area contributed by atoms with Crippen LogP contribution in [-0.4, -0.2) is 16.6 Å². The summed E-state index contributed by atoms with van der Waals surface area (Å²) in [6.45, 7) is 5.54. The predicted molar refractivity (Wildman–Crippen MR) is 69.2 cm³/mol. The molecule has 0 aliphatic rings. The zero-order valence-corrected chi connectivity index (χ0v) is 12.6. The van der Waals surface area contributed by atoms with E-state index in [-0.39, 0.29) is 12.4 Å². The van der Waals surface area contributed by atoms with Crippen LogP contribution in [0.15, 0.2) is 21.3 Å². The molecule has 0 radical (unpaired) electrons. The zero-order chi connectivity index (χ0) is 12.3. The second kappa shape index (κ2) is 5.27. The van der Waals surface area contributed by atoms with Crippen molar-refractivity contribution in [3.63, 3.8) is 0 Å². The summed E-state index contributed by atoms with van der Waals surface area (Å²) in [5.41, 5.74) is 0.376. The molecule has 1 aromatic rings. The summed E-state index contributed by atoms with van der Waals surface area (Å²) in [5.74, 6) is -0.247. The van der Waals surface area contributed by atoms with Crippen LogP contribution in [0.25, 0.3) is 0 Å². The molecule has 0 atom stereocenters. The maximum atomic E-state index is 11.5. The first-order chi connectivity index (χ1) is 7.28. The Morgan fingerprint density at radius 2 is 2.06 bits per heavy atom. The van der Waals surface area contributed by atoms with Crippen LogP contribution in [0.5, 0.6) is 0 Å². The van der Waals surface area contributed by atoms with E-state index in [0.717, 1.165) is 14.6 Å². The van der Waals surface area contributed by atoms with Crippen molar-refractivity contribution in [1.82, 2.24) is 4.98 Å². The molecule has 0 aliphatic heterocycles. The van der Waals surface area contributed by atoms with Crippen molar-refractivity contribution >= 4 is 37.8 Å². The molecule has 0 bridgehead atoms. The molecule has 0 aromatic carbocycles. The van der Waals surface area contributed by atoms with E-state index < -0.39 is 5.60 Å². The zero-order valence-electron chi connectivity index (χ0n) is 9.38. The number of aromatic nitrogens is 1. The molecule has 1 rings (SSSR count). The summed E-state index contributed by atoms with van der Waals surface area (Å²) in [6, 6.07) is 1.85. The molecule has 16 heavy (non-hydrogen) atoms. The summed E-state index contributed by atoms with van der Waals surface area (Å²) in [4.78, 5) is 15.6. The molecule has 0 spiro atoms. The number of esters is 1. The first-order valence-corrected chi connectivity index (χ1v) is 6.38. The van der Waals surface area contributed by atoms with Gasteiger partial charge < -0.3 is 4.74 Å². The van der Waals surface area contributed by atoms with Gasteiger partial charge in [0, 0.05) is 6.20 Å². The molecule has 0 unspecified atom stereocenters. The Hall–Kier alpha value is -0.420. The maximum Gasteiger partial charge on any atom is 0.310 e. The lowest BCUT2D eigenvalue weighted by Crippen LogP contribution is -2.24. The molecule has 0 amide bonds. The lowest BCUT2D eigenvalue weighted by molar-refractivity contribution is -0.153. The molecule has 1 aromatic heterocycles. The average Bonchev–Trinajstić information content (AvgIpc) is 2.08. The highest BCUT2D eigenvalue weighted by Gasteiger charge is 2.16. The quantitative estimate of drug-likeness (QED) is 0.605. The minimum absolute atomic E-state index is 0.232. The van der Waals surface area contributed by atoms with Crippen molar-refractivity contribution in [2.24, 2.45) is 0 Å². The van der Waals surface area contributed by atoms with E-state index in [9.17, 15) is 4.79 Å². The summed E-state index contributed by atoms with van der Waals surface area (Å²) >= 11 is 6.61. The highest BCUT2D eigenvalue weighted by atomic mass is 79.9. The summed E-state index contributed by atoms with van der Waals surface area (Å²) in [5, 5.41) is 0. The molecule has 0 saturated carbocycles. The van der Waals surface area contributed by atoms with Crippen LogP contribution < -0.4 is 0 Å². The van der Waals surface area contributed by atoms with Crippen LogP contribution in [0, 0.1) is 0 Å². The van der Waals surface area contributed by atoms with Crippen molar-refractivity contribution in [3.8, 4) is 0 Å². The van der Waals surface area contributed by atoms with Gasteiger partial charge in [-0.25, -0.2) is 4.98 Å². The number of carbonyl (C=O) groups excluding carboxylic acids is 1. The van der Waals surface area contributed by atoms with Gasteiger partial charge in [-0.3, -0.25) is 4.79 Å². The minimum Gasteiger partial charge on any atom is -0.460 e. The average molecular weight is 351 g/mol. The smallest absolute Gasteiger partial charge is 0.310 e. The van der Waals surface area contributed by atoms with Gasteiger partial charge in [0.1, 0.15) is 10.2 Å². The van der Waals surface area contributed by atoms with Crippen molar-refractivity contribution in [2.45, 2.75) is 32.8 Å². The third kappa shape index (κ3) is 4.61. The Morgan fingerprint density at radius 3 is 2.56 bits per heavy atom. The molecule has 5 heteroatoms. The van der Waals surface area contributed by atoms with Crippen LogP contribution in [0.1, 0.15) is 26.3 Å². The van der Waals surface area contributed by atoms with Gasteiger partial charge in [0.2, 0.25) is 0 Å². The molecule has 88 valence electrons. The third-order valence-corrected chi connectivity index (χ3v) is 3.39. The Bertz CT molecular complexity index is 399. The fraction of sp³-hybridized carbons (Fsp3) is 0.455. The summed E-state index contributed by atoms with van der Waals surface area (Å²) in [6.07, 6.45) is 1.88. The largest absolute Gasteiger partial charge is 0.460 e. The van der Waals surface area contributed by atoms with Crippen molar-refractivity contribution in [1.29, 1.82) is 0 Å². The van der Waals surface area contributed by atoms with E-state index in [1.54, 1.807) is 6.20 Å². The highest BCUT2D eigenvalue weighted by molar-refractivity contribution is 9.13. The fourth-order valence-electron chi connectivity index (χ4n) is 1.10. The predicted octanol–water partition coefficient (Wildman–Crippen LogP) is 3.49. The van der Waals surface area contributed by atoms with Gasteiger partial charge in [0.05, 0.1) is 10.9 Å². The molecular formula is C11H13Br2NO2. The second-order valence-corrected chi connectivity index (χ2v) is 5.98. The maximum absolute atomic E-state index is 11.5. The number of carbonyl (C=O) groups is 1. The molecule has 0 N–H and O–H groups in total. The van der Waals surface area contributed by atoms with Crippen LogP contribution >= 0.6 is 31.9 Å². The van der Waals surface area contributed by atoms with E-state index in [2.05, 4.69) is 36.8 Å². The Balaban J connectivity index is 2.67. The van der Waals surface area contributed by atoms with Gasteiger partial charge in [-0.15, -0.1) is 0 Å². The Labute approximate surface area is 112 Å². The van der Waals surface area contributed by atoms with E-state index in [1.165, 1.54) is 0 Å². The first-order valence-electron chi connectivity index (χ1n) is 4.80. The normalized spacial score (nSPS) is 11.3. The fourth-order valence-corrected chi connectivity index (χ4v) is 1.72. The second-order valence-electron chi connectivity index (χ2n) is 4.38. The number of rotatable bonds is 2. The van der Waals surface area contributed by atoms with Gasteiger partial charge in [-0.05, 0) is 64.3 Å². The SMILES string of the molecule is CC(C)(C)OC(=O)Cc1cnc(Br)c(Br)c1. The molecular weight excluding hydrogens is 338 g/mol. The molecule has 0 aliphatic carbocycles. The topological polar surface area (TPSA) is 39.2 Å². The van der Waals surface area contributed by atoms with Crippen molar-refractivity contribution in [3.05, 3.63) is 26.9 Å². The number of ether oxygens (including phenoxy) is 1. The van der Waals surface area contributed by atoms with Gasteiger partial charge in [0.15, 0.2) is 0 Å². The lowest BCUT2D eigenvalue weighted by Gasteiger charge is -2.19. The molecule has 0 fully saturated rings. The van der Waals surface area contributed by atoms with Gasteiger partial charge in [-0.2, -0.15) is 0 Å². The monoisotopic (exact) mass is 349 g/mol. The van der Waals surface area contributed by atoms with E-state index >= 15 is 0 Å². The minimum atomic E-state index is -0.447. The number of nitrogens with zero attached hydrogens (tertiary/aromatic N) is 1. The summed E-state index contributed by atoms with van der Waals surface area (Å²) < 4.78 is 6.77. The van der Waals surface area contributed by atoms with Crippen LogP contribution in [0.2, 0.25) is 0 Å². The van der Waals surface area contributed by atoms with Crippen molar-refractivity contribution in [2.75, 3.05) is 0 Å². The lowest BCUT2D eigenvalue weighted by atomic mass is 10.2. The standard InChI is InChI=1S/C11H13Br2NO2/c1-11(2,3)16-9(15)5-7-4-8(12)10(13)14-6-7/h4,6H,5H2,1-3H3. The first kappa shape index (κ1) is 13.6.